The van der Waals surface area contributed by atoms with E-state index in [1.165, 1.54) is 37.7 Å². The van der Waals surface area contributed by atoms with Crippen molar-refractivity contribution in [3.63, 3.8) is 0 Å². The Kier molecular flexibility index (Phi) is 8.59. The number of benzene rings is 1. The molecule has 9 nitrogen and oxygen atoms in total. The second-order valence-corrected chi connectivity index (χ2v) is 15.6. The Morgan fingerprint density at radius 2 is 1.90 bits per heavy atom. The average Bonchev–Trinajstić information content (AvgIpc) is 3.67. The molecular weight excluding hydrogens is 557 g/mol. The van der Waals surface area contributed by atoms with Gasteiger partial charge in [0.1, 0.15) is 9.88 Å². The molecule has 1 aromatic carbocycles. The van der Waals surface area contributed by atoms with Gasteiger partial charge < -0.3 is 18.6 Å². The van der Waals surface area contributed by atoms with Gasteiger partial charge in [-0.2, -0.15) is 0 Å². The number of aromatic nitrogens is 2. The van der Waals surface area contributed by atoms with Crippen LogP contribution in [-0.4, -0.2) is 55.3 Å². The van der Waals surface area contributed by atoms with E-state index in [1.807, 2.05) is 24.5 Å². The highest BCUT2D eigenvalue weighted by atomic mass is 32.1. The molecule has 0 amide bonds. The molecule has 1 saturated carbocycles. The maximum absolute atomic E-state index is 13.2. The van der Waals surface area contributed by atoms with Gasteiger partial charge in [0.25, 0.3) is 0 Å². The number of esters is 1. The molecule has 221 valence electrons. The summed E-state index contributed by atoms with van der Waals surface area (Å²) in [6, 6.07) is 6.30. The molecule has 1 unspecified atom stereocenters. The second-order valence-electron chi connectivity index (χ2n) is 12.6. The molecule has 1 aliphatic heterocycles. The van der Waals surface area contributed by atoms with E-state index in [9.17, 15) is 14.9 Å². The third-order valence-corrected chi connectivity index (χ3v) is 10.4. The Hall–Kier alpha value is -2.76. The van der Waals surface area contributed by atoms with E-state index in [4.69, 9.17) is 9.16 Å². The van der Waals surface area contributed by atoms with Crippen molar-refractivity contribution in [3.05, 3.63) is 40.2 Å². The van der Waals surface area contributed by atoms with Crippen LogP contribution in [0.4, 0.5) is 10.7 Å². The number of rotatable bonds is 8. The number of fused-ring (bicyclic) bond motifs is 1. The molecule has 3 heterocycles. The van der Waals surface area contributed by atoms with Crippen LogP contribution < -0.4 is 4.90 Å². The number of ether oxygens (including phenoxy) is 1. The number of hydrogen-bond acceptors (Lipinski definition) is 8. The maximum Gasteiger partial charge on any atom is 0.347 e. The van der Waals surface area contributed by atoms with Crippen molar-refractivity contribution in [1.29, 1.82) is 0 Å². The molecule has 1 saturated heterocycles. The van der Waals surface area contributed by atoms with Crippen LogP contribution in [0.2, 0.25) is 13.1 Å². The molecular formula is C30H41N4O5SSi. The minimum absolute atomic E-state index is 0.00178. The third kappa shape index (κ3) is 5.81. The van der Waals surface area contributed by atoms with E-state index < -0.39 is 19.9 Å². The van der Waals surface area contributed by atoms with Crippen LogP contribution in [0.1, 0.15) is 82.1 Å². The average molecular weight is 598 g/mol. The summed E-state index contributed by atoms with van der Waals surface area (Å²) >= 11 is 1.30. The Balaban J connectivity index is 1.62. The van der Waals surface area contributed by atoms with Crippen molar-refractivity contribution in [2.75, 3.05) is 18.6 Å². The summed E-state index contributed by atoms with van der Waals surface area (Å²) in [5.41, 5.74) is 2.22. The third-order valence-electron chi connectivity index (χ3n) is 8.37. The number of carbonyl (C=O) groups excluding carboxylic acids is 1. The summed E-state index contributed by atoms with van der Waals surface area (Å²) in [6.45, 7) is 11.5. The van der Waals surface area contributed by atoms with E-state index in [-0.39, 0.29) is 28.8 Å². The van der Waals surface area contributed by atoms with Crippen LogP contribution in [0.3, 0.4) is 0 Å². The van der Waals surface area contributed by atoms with Crippen LogP contribution in [0.5, 0.6) is 0 Å². The van der Waals surface area contributed by atoms with Gasteiger partial charge in [-0.25, -0.2) is 9.78 Å². The van der Waals surface area contributed by atoms with E-state index in [2.05, 4.69) is 48.3 Å². The first-order chi connectivity index (χ1) is 19.5. The fraction of sp³-hybridized carbons (Fsp3) is 0.600. The molecule has 0 spiro atoms. The van der Waals surface area contributed by atoms with Crippen molar-refractivity contribution in [1.82, 2.24) is 9.55 Å². The van der Waals surface area contributed by atoms with Crippen molar-refractivity contribution in [3.8, 4) is 10.4 Å². The van der Waals surface area contributed by atoms with Crippen molar-refractivity contribution < 1.29 is 18.9 Å². The van der Waals surface area contributed by atoms with Gasteiger partial charge in [0.2, 0.25) is 9.04 Å². The number of anilines is 1. The lowest BCUT2D eigenvalue weighted by Crippen LogP contribution is -2.49. The predicted molar refractivity (Wildman–Crippen MR) is 165 cm³/mol. The monoisotopic (exact) mass is 597 g/mol. The van der Waals surface area contributed by atoms with Crippen LogP contribution in [0, 0.1) is 15.5 Å². The Labute approximate surface area is 247 Å². The molecule has 0 N–H and O–H groups in total. The fourth-order valence-corrected chi connectivity index (χ4v) is 8.89. The minimum atomic E-state index is -1.01. The first-order valence-electron chi connectivity index (χ1n) is 14.6. The molecule has 1 radical (unpaired) electrons. The molecule has 2 aliphatic rings. The topological polar surface area (TPSA) is 99.7 Å². The molecule has 41 heavy (non-hydrogen) atoms. The molecule has 5 rings (SSSR count). The molecule has 3 aromatic rings. The quantitative estimate of drug-likeness (QED) is 0.114. The lowest BCUT2D eigenvalue weighted by Gasteiger charge is -2.41. The van der Waals surface area contributed by atoms with Crippen LogP contribution in [0.15, 0.2) is 24.5 Å². The molecule has 2 atom stereocenters. The number of hydrogen-bond donors (Lipinski definition) is 0. The summed E-state index contributed by atoms with van der Waals surface area (Å²) < 4.78 is 13.9. The molecule has 1 aliphatic carbocycles. The van der Waals surface area contributed by atoms with Gasteiger partial charge in [0.05, 0.1) is 41.5 Å². The minimum Gasteiger partial charge on any atom is -0.465 e. The summed E-state index contributed by atoms with van der Waals surface area (Å²) in [5.74, 6) is -0.688. The number of nitro groups is 1. The smallest absolute Gasteiger partial charge is 0.347 e. The lowest BCUT2D eigenvalue weighted by molar-refractivity contribution is -0.384. The first-order valence-corrected chi connectivity index (χ1v) is 17.8. The largest absolute Gasteiger partial charge is 0.465 e. The molecule has 2 aromatic heterocycles. The van der Waals surface area contributed by atoms with Gasteiger partial charge in [0.15, 0.2) is 5.56 Å². The van der Waals surface area contributed by atoms with Gasteiger partial charge >= 0.3 is 11.7 Å². The Morgan fingerprint density at radius 1 is 1.17 bits per heavy atom. The maximum atomic E-state index is 13.2. The number of carbonyl (C=O) groups is 1. The van der Waals surface area contributed by atoms with Gasteiger partial charge in [-0.15, -0.1) is 11.3 Å². The normalized spacial score (nSPS) is 19.3. The lowest BCUT2D eigenvalue weighted by atomic mass is 9.84. The molecule has 2 fully saturated rings. The van der Waals surface area contributed by atoms with Crippen molar-refractivity contribution >= 4 is 48.1 Å². The van der Waals surface area contributed by atoms with E-state index in [1.54, 1.807) is 0 Å². The summed E-state index contributed by atoms with van der Waals surface area (Å²) in [7, 11) is 0.275. The van der Waals surface area contributed by atoms with E-state index in [0.717, 1.165) is 36.7 Å². The highest BCUT2D eigenvalue weighted by Gasteiger charge is 2.44. The highest BCUT2D eigenvalue weighted by Crippen LogP contribution is 2.50. The van der Waals surface area contributed by atoms with Crippen molar-refractivity contribution in [2.24, 2.45) is 5.41 Å². The van der Waals surface area contributed by atoms with Crippen molar-refractivity contribution in [2.45, 2.75) is 97.0 Å². The van der Waals surface area contributed by atoms with Gasteiger partial charge in [0, 0.05) is 18.2 Å². The predicted octanol–water partition coefficient (Wildman–Crippen LogP) is 7.62. The number of thiophene rings is 1. The van der Waals surface area contributed by atoms with Crippen LogP contribution in [-0.2, 0) is 9.16 Å². The summed E-state index contributed by atoms with van der Waals surface area (Å²) in [5, 5.41) is 13.2. The zero-order valence-corrected chi connectivity index (χ0v) is 26.8. The molecule has 0 bridgehead atoms. The highest BCUT2D eigenvalue weighted by molar-refractivity contribution is 7.20. The first kappa shape index (κ1) is 29.7. The Bertz CT molecular complexity index is 1420. The molecule has 11 heteroatoms. The fourth-order valence-electron chi connectivity index (χ4n) is 6.54. The van der Waals surface area contributed by atoms with Gasteiger partial charge in [-0.1, -0.05) is 46.1 Å². The van der Waals surface area contributed by atoms with Gasteiger partial charge in [-0.05, 0) is 56.3 Å². The van der Waals surface area contributed by atoms with Crippen LogP contribution in [0.25, 0.3) is 21.5 Å². The summed E-state index contributed by atoms with van der Waals surface area (Å²) in [4.78, 5) is 32.7. The zero-order valence-electron chi connectivity index (χ0n) is 24.9. The van der Waals surface area contributed by atoms with Crippen LogP contribution >= 0.6 is 11.3 Å². The number of imidazole rings is 1. The second kappa shape index (κ2) is 11.8. The van der Waals surface area contributed by atoms with E-state index >= 15 is 0 Å². The zero-order chi connectivity index (χ0) is 29.5. The van der Waals surface area contributed by atoms with Gasteiger partial charge in [-0.3, -0.25) is 10.1 Å². The number of nitrogens with zero attached hydrogens (tertiary/aromatic N) is 4. The Morgan fingerprint density at radius 3 is 2.54 bits per heavy atom. The standard InChI is InChI=1S/C30H41N4O5SSi/c1-30(2,3)27(39-41(5)6)23-13-10-16-32(23)28-24(29(35)38-4)25(34(36)37)26(40-28)19-14-15-22-21(17-19)31-18-33(22)20-11-8-7-9-12-20/h14-15,17-18,20,23,27H,7-13,16H2,1-6H3/t23-,27?/m0/s1. The summed E-state index contributed by atoms with van der Waals surface area (Å²) in [6.07, 6.45) is 9.64. The van der Waals surface area contributed by atoms with E-state index in [0.29, 0.717) is 28.0 Å². The SMILES string of the molecule is COC(=O)c1c(N2CCC[C@H]2C(O[Si](C)C)C(C)(C)C)sc(-c2ccc3c(c2)ncn3C2CCCCC2)c1[N+](=O)[O-]. The number of methoxy groups -OCH3 is 1.